The van der Waals surface area contributed by atoms with E-state index in [1.807, 2.05) is 19.1 Å². The van der Waals surface area contributed by atoms with Crippen molar-refractivity contribution in [2.24, 2.45) is 0 Å². The molecule has 174 valence electrons. The molecule has 0 atom stereocenters. The fraction of sp³-hybridized carbons (Fsp3) is 0.348. The van der Waals surface area contributed by atoms with Gasteiger partial charge in [-0.15, -0.1) is 0 Å². The fourth-order valence-corrected chi connectivity index (χ4v) is 4.80. The Kier molecular flexibility index (Phi) is 6.38. The number of alkyl halides is 3. The quantitative estimate of drug-likeness (QED) is 0.503. The van der Waals surface area contributed by atoms with Gasteiger partial charge in [0.25, 0.3) is 0 Å². The standard InChI is InChI=1S/C23H23F3N4O2S/c1-3-9-30-20-12-16(23(24,25)26)4-6-18(20)28-22(30)33-13-21(32)27-17-5-7-19-15(11-17)8-10-29(19)14(2)31/h4-7,11-12H,3,8-10,13H2,1-2H3,(H,27,32). The lowest BCUT2D eigenvalue weighted by Crippen LogP contribution is -2.25. The Morgan fingerprint density at radius 2 is 1.97 bits per heavy atom. The van der Waals surface area contributed by atoms with Crippen LogP contribution in [0.1, 0.15) is 31.4 Å². The van der Waals surface area contributed by atoms with Gasteiger partial charge in [0.1, 0.15) is 0 Å². The third-order valence-electron chi connectivity index (χ3n) is 5.46. The first-order valence-electron chi connectivity index (χ1n) is 10.6. The fourth-order valence-electron chi connectivity index (χ4n) is 3.96. The van der Waals surface area contributed by atoms with Gasteiger partial charge in [-0.3, -0.25) is 9.59 Å². The van der Waals surface area contributed by atoms with E-state index in [0.717, 1.165) is 29.8 Å². The molecule has 2 heterocycles. The summed E-state index contributed by atoms with van der Waals surface area (Å²) in [5.74, 6) is -0.192. The molecule has 0 radical (unpaired) electrons. The van der Waals surface area contributed by atoms with Crippen LogP contribution in [0.4, 0.5) is 24.5 Å². The molecule has 0 spiro atoms. The van der Waals surface area contributed by atoms with Crippen LogP contribution in [0.3, 0.4) is 0 Å². The maximum atomic E-state index is 13.1. The summed E-state index contributed by atoms with van der Waals surface area (Å²) < 4.78 is 41.1. The van der Waals surface area contributed by atoms with E-state index in [1.54, 1.807) is 15.5 Å². The van der Waals surface area contributed by atoms with Crippen LogP contribution < -0.4 is 10.2 Å². The topological polar surface area (TPSA) is 67.2 Å². The van der Waals surface area contributed by atoms with Crippen LogP contribution in [0.15, 0.2) is 41.6 Å². The molecule has 0 bridgehead atoms. The van der Waals surface area contributed by atoms with E-state index in [2.05, 4.69) is 10.3 Å². The Morgan fingerprint density at radius 3 is 2.67 bits per heavy atom. The number of nitrogens with zero attached hydrogens (tertiary/aromatic N) is 3. The minimum atomic E-state index is -4.43. The molecule has 1 aliphatic rings. The number of carbonyl (C=O) groups is 2. The zero-order valence-electron chi connectivity index (χ0n) is 18.2. The van der Waals surface area contributed by atoms with Gasteiger partial charge in [0, 0.05) is 31.4 Å². The summed E-state index contributed by atoms with van der Waals surface area (Å²) in [5.41, 5.74) is 2.65. The highest BCUT2D eigenvalue weighted by molar-refractivity contribution is 7.99. The number of fused-ring (bicyclic) bond motifs is 2. The lowest BCUT2D eigenvalue weighted by molar-refractivity contribution is -0.137. The monoisotopic (exact) mass is 476 g/mol. The van der Waals surface area contributed by atoms with Crippen molar-refractivity contribution in [3.05, 3.63) is 47.5 Å². The summed E-state index contributed by atoms with van der Waals surface area (Å²) in [4.78, 5) is 30.4. The number of hydrogen-bond acceptors (Lipinski definition) is 4. The number of benzene rings is 2. The van der Waals surface area contributed by atoms with E-state index in [9.17, 15) is 22.8 Å². The number of hydrogen-bond donors (Lipinski definition) is 1. The van der Waals surface area contributed by atoms with Crippen molar-refractivity contribution in [2.45, 2.75) is 44.6 Å². The number of thioether (sulfide) groups is 1. The molecule has 0 fully saturated rings. The molecule has 1 aliphatic heterocycles. The summed E-state index contributed by atoms with van der Waals surface area (Å²) >= 11 is 1.19. The number of carbonyl (C=O) groups excluding carboxylic acids is 2. The average Bonchev–Trinajstić information content (AvgIpc) is 3.33. The smallest absolute Gasteiger partial charge is 0.325 e. The summed E-state index contributed by atoms with van der Waals surface area (Å²) in [6.45, 7) is 4.58. The van der Waals surface area contributed by atoms with Crippen molar-refractivity contribution in [3.8, 4) is 0 Å². The summed E-state index contributed by atoms with van der Waals surface area (Å²) in [7, 11) is 0. The van der Waals surface area contributed by atoms with Crippen molar-refractivity contribution in [3.63, 3.8) is 0 Å². The molecule has 0 saturated heterocycles. The highest BCUT2D eigenvalue weighted by Crippen LogP contribution is 2.34. The van der Waals surface area contributed by atoms with Crippen molar-refractivity contribution in [1.82, 2.24) is 9.55 Å². The number of rotatable bonds is 6. The number of anilines is 2. The number of aromatic nitrogens is 2. The second-order valence-electron chi connectivity index (χ2n) is 7.85. The molecule has 0 saturated carbocycles. The molecular weight excluding hydrogens is 453 g/mol. The lowest BCUT2D eigenvalue weighted by atomic mass is 10.1. The van der Waals surface area contributed by atoms with E-state index in [4.69, 9.17) is 0 Å². The summed E-state index contributed by atoms with van der Waals surface area (Å²) in [6, 6.07) is 8.94. The van der Waals surface area contributed by atoms with Gasteiger partial charge in [0.2, 0.25) is 11.8 Å². The van der Waals surface area contributed by atoms with Crippen LogP contribution in [0, 0.1) is 0 Å². The number of halogens is 3. The van der Waals surface area contributed by atoms with Gasteiger partial charge in [-0.2, -0.15) is 13.2 Å². The average molecular weight is 477 g/mol. The molecule has 1 N–H and O–H groups in total. The van der Waals surface area contributed by atoms with Crippen molar-refractivity contribution in [1.29, 1.82) is 0 Å². The first-order chi connectivity index (χ1) is 15.7. The highest BCUT2D eigenvalue weighted by Gasteiger charge is 2.31. The van der Waals surface area contributed by atoms with Gasteiger partial charge in [-0.1, -0.05) is 18.7 Å². The van der Waals surface area contributed by atoms with E-state index >= 15 is 0 Å². The summed E-state index contributed by atoms with van der Waals surface area (Å²) in [6.07, 6.45) is -2.98. The molecule has 2 amide bonds. The lowest BCUT2D eigenvalue weighted by Gasteiger charge is -2.15. The molecule has 0 unspecified atom stereocenters. The summed E-state index contributed by atoms with van der Waals surface area (Å²) in [5, 5.41) is 3.36. The van der Waals surface area contributed by atoms with Crippen molar-refractivity contribution < 1.29 is 22.8 Å². The van der Waals surface area contributed by atoms with Gasteiger partial charge in [-0.25, -0.2) is 4.98 Å². The van der Waals surface area contributed by atoms with Gasteiger partial charge < -0.3 is 14.8 Å². The SMILES string of the molecule is CCCn1c(SCC(=O)Nc2ccc3c(c2)CCN3C(C)=O)nc2ccc(C(F)(F)F)cc21. The van der Waals surface area contributed by atoms with E-state index in [0.29, 0.717) is 41.4 Å². The van der Waals surface area contributed by atoms with Gasteiger partial charge in [-0.05, 0) is 54.8 Å². The Morgan fingerprint density at radius 1 is 1.18 bits per heavy atom. The zero-order valence-corrected chi connectivity index (χ0v) is 19.0. The second kappa shape index (κ2) is 9.09. The van der Waals surface area contributed by atoms with Crippen molar-refractivity contribution in [2.75, 3.05) is 22.5 Å². The van der Waals surface area contributed by atoms with Crippen LogP contribution in [-0.2, 0) is 28.7 Å². The van der Waals surface area contributed by atoms with Gasteiger partial charge >= 0.3 is 6.18 Å². The van der Waals surface area contributed by atoms with E-state index in [-0.39, 0.29) is 17.6 Å². The number of amides is 2. The van der Waals surface area contributed by atoms with Crippen LogP contribution in [0.2, 0.25) is 0 Å². The van der Waals surface area contributed by atoms with Gasteiger partial charge in [0.05, 0.1) is 22.3 Å². The van der Waals surface area contributed by atoms with Crippen LogP contribution in [-0.4, -0.2) is 33.7 Å². The van der Waals surface area contributed by atoms with Gasteiger partial charge in [0.15, 0.2) is 5.16 Å². The molecule has 33 heavy (non-hydrogen) atoms. The minimum Gasteiger partial charge on any atom is -0.325 e. The van der Waals surface area contributed by atoms with Crippen molar-refractivity contribution >= 4 is 46.0 Å². The number of aryl methyl sites for hydroxylation is 1. The maximum Gasteiger partial charge on any atom is 0.416 e. The zero-order chi connectivity index (χ0) is 23.8. The van der Waals surface area contributed by atoms with E-state index < -0.39 is 11.7 Å². The number of imidazole rings is 1. The third kappa shape index (κ3) is 4.85. The molecule has 1 aromatic heterocycles. The molecule has 0 aliphatic carbocycles. The predicted molar refractivity (Wildman–Crippen MR) is 123 cm³/mol. The Bertz CT molecular complexity index is 1220. The Balaban J connectivity index is 1.47. The minimum absolute atomic E-state index is 0.0146. The molecule has 10 heteroatoms. The highest BCUT2D eigenvalue weighted by atomic mass is 32.2. The largest absolute Gasteiger partial charge is 0.416 e. The van der Waals surface area contributed by atoms with Crippen LogP contribution >= 0.6 is 11.8 Å². The van der Waals surface area contributed by atoms with Crippen LogP contribution in [0.5, 0.6) is 0 Å². The molecular formula is C23H23F3N4O2S. The molecule has 2 aromatic carbocycles. The number of nitrogens with one attached hydrogen (secondary N) is 1. The first-order valence-corrected chi connectivity index (χ1v) is 11.6. The molecule has 3 aromatic rings. The third-order valence-corrected chi connectivity index (χ3v) is 6.44. The first kappa shape index (κ1) is 23.2. The van der Waals surface area contributed by atoms with E-state index in [1.165, 1.54) is 24.8 Å². The molecule has 4 rings (SSSR count). The van der Waals surface area contributed by atoms with Crippen LogP contribution in [0.25, 0.3) is 11.0 Å². The maximum absolute atomic E-state index is 13.1. The normalized spacial score (nSPS) is 13.4. The Labute approximate surface area is 193 Å². The second-order valence-corrected chi connectivity index (χ2v) is 8.79. The molecule has 6 nitrogen and oxygen atoms in total. The Hall–Kier alpha value is -3.01. The predicted octanol–water partition coefficient (Wildman–Crippen LogP) is 5.10.